The molecule has 0 heterocycles. The zero-order chi connectivity index (χ0) is 15.4. The van der Waals surface area contributed by atoms with Crippen molar-refractivity contribution in [3.05, 3.63) is 11.8 Å². The van der Waals surface area contributed by atoms with E-state index in [0.29, 0.717) is 0 Å². The van der Waals surface area contributed by atoms with Crippen molar-refractivity contribution in [1.29, 1.82) is 0 Å². The van der Waals surface area contributed by atoms with Gasteiger partial charge < -0.3 is 9.16 Å². The van der Waals surface area contributed by atoms with E-state index in [0.717, 1.165) is 38.0 Å². The Morgan fingerprint density at radius 2 is 1.95 bits per heavy atom. The summed E-state index contributed by atoms with van der Waals surface area (Å²) in [5.41, 5.74) is 0. The molecule has 0 amide bonds. The van der Waals surface area contributed by atoms with Crippen LogP contribution in [0.4, 0.5) is 0 Å². The molecule has 0 fully saturated rings. The Balaban J connectivity index is 2.20. The second kappa shape index (κ2) is 6.90. The first kappa shape index (κ1) is 17.4. The smallest absolute Gasteiger partial charge is 0.191 e. The molecule has 0 saturated heterocycles. The third kappa shape index (κ3) is 4.74. The van der Waals surface area contributed by atoms with Crippen LogP contribution in [-0.2, 0) is 14.0 Å². The van der Waals surface area contributed by atoms with Crippen LogP contribution in [0.25, 0.3) is 0 Å². The molecule has 0 aromatic rings. The highest BCUT2D eigenvalue weighted by Crippen LogP contribution is 2.36. The molecule has 0 saturated carbocycles. The minimum absolute atomic E-state index is 0.137. The van der Waals surface area contributed by atoms with Gasteiger partial charge in [-0.05, 0) is 31.0 Å². The van der Waals surface area contributed by atoms with Crippen molar-refractivity contribution >= 4 is 14.1 Å². The fraction of sp³-hybridized carbons (Fsp3) is 0.812. The molecular formula is C16H30O3Si. The van der Waals surface area contributed by atoms with Crippen molar-refractivity contribution in [1.82, 2.24) is 0 Å². The van der Waals surface area contributed by atoms with Gasteiger partial charge in [-0.25, -0.2) is 0 Å². The molecule has 1 aliphatic carbocycles. The van der Waals surface area contributed by atoms with Crippen molar-refractivity contribution in [3.63, 3.8) is 0 Å². The number of methoxy groups -OCH3 is 1. The summed E-state index contributed by atoms with van der Waals surface area (Å²) >= 11 is 0. The summed E-state index contributed by atoms with van der Waals surface area (Å²) in [7, 11) is 0.0196. The quantitative estimate of drug-likeness (QED) is 0.519. The monoisotopic (exact) mass is 298 g/mol. The first-order valence-corrected chi connectivity index (χ1v) is 10.5. The van der Waals surface area contributed by atoms with E-state index in [9.17, 15) is 4.79 Å². The maximum atomic E-state index is 11.7. The fourth-order valence-electron chi connectivity index (χ4n) is 2.10. The van der Waals surface area contributed by atoms with Gasteiger partial charge in [-0.15, -0.1) is 0 Å². The topological polar surface area (TPSA) is 35.5 Å². The van der Waals surface area contributed by atoms with E-state index in [-0.39, 0.29) is 16.7 Å². The molecule has 0 aromatic carbocycles. The first-order chi connectivity index (χ1) is 9.17. The maximum absolute atomic E-state index is 11.7. The Labute approximate surface area is 124 Å². The van der Waals surface area contributed by atoms with Gasteiger partial charge in [0.25, 0.3) is 0 Å². The lowest BCUT2D eigenvalue weighted by molar-refractivity contribution is -0.117. The molecule has 3 nitrogen and oxygen atoms in total. The van der Waals surface area contributed by atoms with E-state index in [1.165, 1.54) is 0 Å². The minimum Gasteiger partial charge on any atom is -0.501 e. The van der Waals surface area contributed by atoms with Crippen LogP contribution in [0.2, 0.25) is 18.1 Å². The maximum Gasteiger partial charge on any atom is 0.191 e. The zero-order valence-electron chi connectivity index (χ0n) is 13.9. The number of carbonyl (C=O) groups excluding carboxylic acids is 1. The van der Waals surface area contributed by atoms with E-state index in [1.807, 2.05) is 0 Å². The van der Waals surface area contributed by atoms with Crippen molar-refractivity contribution in [2.45, 2.75) is 64.6 Å². The summed E-state index contributed by atoms with van der Waals surface area (Å²) < 4.78 is 11.3. The molecule has 0 aromatic heterocycles. The van der Waals surface area contributed by atoms with Crippen LogP contribution < -0.4 is 0 Å². The molecule has 0 radical (unpaired) electrons. The Hall–Kier alpha value is -0.613. The summed E-state index contributed by atoms with van der Waals surface area (Å²) in [5, 5.41) is 0.270. The molecule has 1 rings (SSSR count). The normalized spacial score (nSPS) is 20.2. The number of rotatable bonds is 7. The minimum atomic E-state index is -1.61. The van der Waals surface area contributed by atoms with Gasteiger partial charge in [0.05, 0.1) is 12.9 Å². The number of unbranched alkanes of at least 4 members (excludes halogenated alkanes) is 1. The molecule has 0 N–H and O–H groups in total. The number of ketones is 1. The van der Waals surface area contributed by atoms with E-state index in [4.69, 9.17) is 9.16 Å². The number of hydrogen-bond donors (Lipinski definition) is 0. The third-order valence-corrected chi connectivity index (χ3v) is 9.17. The largest absolute Gasteiger partial charge is 0.501 e. The lowest BCUT2D eigenvalue weighted by Crippen LogP contribution is -2.40. The lowest BCUT2D eigenvalue weighted by Gasteiger charge is -2.36. The van der Waals surface area contributed by atoms with Gasteiger partial charge in [-0.1, -0.05) is 27.2 Å². The third-order valence-electron chi connectivity index (χ3n) is 4.63. The van der Waals surface area contributed by atoms with Crippen LogP contribution in [0.5, 0.6) is 0 Å². The molecule has 0 bridgehead atoms. The molecular weight excluding hydrogens is 268 g/mol. The Morgan fingerprint density at radius 3 is 2.45 bits per heavy atom. The van der Waals surface area contributed by atoms with Crippen LogP contribution in [0.3, 0.4) is 0 Å². The molecule has 0 aliphatic heterocycles. The van der Waals surface area contributed by atoms with Crippen molar-refractivity contribution in [2.75, 3.05) is 13.7 Å². The lowest BCUT2D eigenvalue weighted by atomic mass is 9.99. The van der Waals surface area contributed by atoms with Gasteiger partial charge in [0.2, 0.25) is 0 Å². The van der Waals surface area contributed by atoms with Crippen molar-refractivity contribution in [3.8, 4) is 0 Å². The molecule has 1 atom stereocenters. The first-order valence-electron chi connectivity index (χ1n) is 7.60. The summed E-state index contributed by atoms with van der Waals surface area (Å²) in [5.74, 6) is 1.20. The van der Waals surface area contributed by atoms with Gasteiger partial charge in [-0.3, -0.25) is 4.79 Å². The molecule has 20 heavy (non-hydrogen) atoms. The second-order valence-electron chi connectivity index (χ2n) is 7.22. The predicted octanol–water partition coefficient (Wildman–Crippen LogP) is 4.30. The summed E-state index contributed by atoms with van der Waals surface area (Å²) in [6.45, 7) is 12.2. The second-order valence-corrected chi connectivity index (χ2v) is 12.0. The summed E-state index contributed by atoms with van der Waals surface area (Å²) in [4.78, 5) is 11.7. The molecule has 0 unspecified atom stereocenters. The predicted molar refractivity (Wildman–Crippen MR) is 85.2 cm³/mol. The van der Waals surface area contributed by atoms with Gasteiger partial charge in [-0.2, -0.15) is 0 Å². The van der Waals surface area contributed by atoms with Crippen molar-refractivity contribution in [2.24, 2.45) is 5.92 Å². The summed E-state index contributed by atoms with van der Waals surface area (Å²) in [6.07, 6.45) is 5.47. The molecule has 0 spiro atoms. The van der Waals surface area contributed by atoms with E-state index in [1.54, 1.807) is 13.2 Å². The highest BCUT2D eigenvalue weighted by atomic mass is 28.4. The number of allylic oxidation sites excluding steroid dienone is 2. The highest BCUT2D eigenvalue weighted by Gasteiger charge is 2.36. The van der Waals surface area contributed by atoms with Crippen LogP contribution in [0.15, 0.2) is 11.8 Å². The van der Waals surface area contributed by atoms with Gasteiger partial charge >= 0.3 is 0 Å². The van der Waals surface area contributed by atoms with Gasteiger partial charge in [0, 0.05) is 25.0 Å². The van der Waals surface area contributed by atoms with E-state index in [2.05, 4.69) is 33.9 Å². The van der Waals surface area contributed by atoms with Crippen LogP contribution in [-0.4, -0.2) is 27.8 Å². The molecule has 116 valence electrons. The number of carbonyl (C=O) groups is 1. The van der Waals surface area contributed by atoms with Gasteiger partial charge in [0.15, 0.2) is 14.1 Å². The van der Waals surface area contributed by atoms with E-state index < -0.39 is 8.32 Å². The Kier molecular flexibility index (Phi) is 6.01. The number of hydrogen-bond acceptors (Lipinski definition) is 3. The van der Waals surface area contributed by atoms with E-state index >= 15 is 0 Å². The van der Waals surface area contributed by atoms with Crippen LogP contribution in [0, 0.1) is 5.92 Å². The average Bonchev–Trinajstić information content (AvgIpc) is 2.68. The van der Waals surface area contributed by atoms with Crippen LogP contribution in [0.1, 0.15) is 46.5 Å². The molecule has 1 aliphatic rings. The SMILES string of the molecule is COC1=CC(=O)[C@H](CCCCO[Si](C)(C)C(C)(C)C)C1. The van der Waals surface area contributed by atoms with Crippen LogP contribution >= 0.6 is 0 Å². The Bertz CT molecular complexity index is 366. The Morgan fingerprint density at radius 1 is 1.30 bits per heavy atom. The fourth-order valence-corrected chi connectivity index (χ4v) is 3.19. The average molecular weight is 298 g/mol. The highest BCUT2D eigenvalue weighted by molar-refractivity contribution is 6.74. The van der Waals surface area contributed by atoms with Gasteiger partial charge in [0.1, 0.15) is 0 Å². The summed E-state index contributed by atoms with van der Waals surface area (Å²) in [6, 6.07) is 0. The van der Waals surface area contributed by atoms with Crippen molar-refractivity contribution < 1.29 is 14.0 Å². The zero-order valence-corrected chi connectivity index (χ0v) is 14.9. The molecule has 4 heteroatoms. The number of ether oxygens (including phenoxy) is 1. The standard InChI is InChI=1S/C16H30O3Si/c1-16(2,3)20(5,6)19-10-8-7-9-13-11-14(18-4)12-15(13)17/h12-13H,7-11H2,1-6H3/t13-/m1/s1.